The second-order valence-corrected chi connectivity index (χ2v) is 7.19. The Labute approximate surface area is 164 Å². The van der Waals surface area contributed by atoms with Crippen molar-refractivity contribution in [2.45, 2.75) is 6.10 Å². The van der Waals surface area contributed by atoms with Crippen LogP contribution in [0.1, 0.15) is 17.2 Å². The summed E-state index contributed by atoms with van der Waals surface area (Å²) in [5, 5.41) is 19.5. The third kappa shape index (κ3) is 3.46. The first-order valence-corrected chi connectivity index (χ1v) is 9.12. The Morgan fingerprint density at radius 1 is 1.19 bits per heavy atom. The number of pyridine rings is 1. The van der Waals surface area contributed by atoms with E-state index >= 15 is 0 Å². The Morgan fingerprint density at radius 2 is 2.00 bits per heavy atom. The third-order valence-corrected chi connectivity index (χ3v) is 5.48. The van der Waals surface area contributed by atoms with Gasteiger partial charge in [-0.05, 0) is 41.5 Å². The van der Waals surface area contributed by atoms with Crippen molar-refractivity contribution in [2.75, 3.05) is 0 Å². The van der Waals surface area contributed by atoms with E-state index in [0.717, 1.165) is 20.9 Å². The van der Waals surface area contributed by atoms with Crippen molar-refractivity contribution in [3.63, 3.8) is 0 Å². The molecule has 8 heteroatoms. The molecule has 0 aliphatic rings. The number of halogens is 1. The fourth-order valence-electron chi connectivity index (χ4n) is 2.71. The molecule has 0 aliphatic carbocycles. The first kappa shape index (κ1) is 17.4. The lowest BCUT2D eigenvalue weighted by atomic mass is 10.0. The van der Waals surface area contributed by atoms with E-state index in [1.807, 2.05) is 12.1 Å². The molecule has 1 atom stereocenters. The highest BCUT2D eigenvalue weighted by atomic mass is 35.5. The highest BCUT2D eigenvalue weighted by molar-refractivity contribution is 7.19. The van der Waals surface area contributed by atoms with Crippen LogP contribution in [-0.2, 0) is 0 Å². The number of thiophene rings is 1. The van der Waals surface area contributed by atoms with Crippen molar-refractivity contribution in [3.05, 3.63) is 82.6 Å². The summed E-state index contributed by atoms with van der Waals surface area (Å²) in [5.74, 6) is 0.899. The van der Waals surface area contributed by atoms with Crippen LogP contribution in [0.2, 0.25) is 5.02 Å². The van der Waals surface area contributed by atoms with Gasteiger partial charge in [0, 0.05) is 15.5 Å². The van der Waals surface area contributed by atoms with Gasteiger partial charge in [-0.1, -0.05) is 30.3 Å². The van der Waals surface area contributed by atoms with Gasteiger partial charge in [0.1, 0.15) is 18.6 Å². The second kappa shape index (κ2) is 7.29. The maximum absolute atomic E-state index is 11.0. The zero-order valence-electron chi connectivity index (χ0n) is 13.8. The van der Waals surface area contributed by atoms with Crippen LogP contribution >= 0.6 is 22.9 Å². The van der Waals surface area contributed by atoms with E-state index in [1.165, 1.54) is 17.7 Å². The average Bonchev–Trinajstić information content (AvgIpc) is 3.38. The van der Waals surface area contributed by atoms with E-state index in [1.54, 1.807) is 36.5 Å². The largest absolute Gasteiger partial charge is 0.384 e. The Balaban J connectivity index is 1.83. The van der Waals surface area contributed by atoms with Crippen LogP contribution in [0.15, 0.2) is 55.0 Å². The molecule has 3 heterocycles. The van der Waals surface area contributed by atoms with Gasteiger partial charge < -0.3 is 14.9 Å². The highest BCUT2D eigenvalue weighted by Gasteiger charge is 2.22. The monoisotopic (exact) mass is 393 g/mol. The quantitative estimate of drug-likeness (QED) is 0.484. The molecule has 132 valence electrons. The number of aliphatic hydroxyl groups is 1. The van der Waals surface area contributed by atoms with Gasteiger partial charge in [-0.3, -0.25) is 0 Å². The minimum absolute atomic E-state index is 0.321. The maximum atomic E-state index is 11.0. The fraction of sp³-hybridized carbons (Fsp3) is 0.0526. The average molecular weight is 394 g/mol. The number of benzene rings is 1. The van der Waals surface area contributed by atoms with Crippen molar-refractivity contribution in [1.29, 1.82) is 0 Å². The molecule has 0 fully saturated rings. The number of H-pyrrole nitrogens is 1. The Hall–Kier alpha value is -3.05. The van der Waals surface area contributed by atoms with Crippen LogP contribution in [0.4, 0.5) is 5.82 Å². The number of hydrogen-bond donors (Lipinski definition) is 2. The lowest BCUT2D eigenvalue weighted by Gasteiger charge is -2.11. The van der Waals surface area contributed by atoms with Gasteiger partial charge in [-0.15, -0.1) is 26.5 Å². The summed E-state index contributed by atoms with van der Waals surface area (Å²) in [5.41, 5.74) is 2.28. The molecule has 0 saturated carbocycles. The van der Waals surface area contributed by atoms with Gasteiger partial charge in [-0.25, -0.2) is 0 Å². The van der Waals surface area contributed by atoms with Gasteiger partial charge in [0.05, 0.1) is 4.88 Å². The molecule has 0 unspecified atom stereocenters. The van der Waals surface area contributed by atoms with E-state index in [0.29, 0.717) is 22.2 Å². The summed E-state index contributed by atoms with van der Waals surface area (Å²) < 4.78 is 0. The first-order chi connectivity index (χ1) is 13.2. The summed E-state index contributed by atoms with van der Waals surface area (Å²) in [6.45, 7) is 7.15. The normalized spacial score (nSPS) is 11.9. The maximum Gasteiger partial charge on any atom is 0.270 e. The van der Waals surface area contributed by atoms with Crippen molar-refractivity contribution >= 4 is 28.8 Å². The van der Waals surface area contributed by atoms with E-state index in [2.05, 4.69) is 25.0 Å². The molecule has 1 aromatic carbocycles. The van der Waals surface area contributed by atoms with Crippen LogP contribution in [0, 0.1) is 6.57 Å². The highest BCUT2D eigenvalue weighted by Crippen LogP contribution is 2.41. The smallest absolute Gasteiger partial charge is 0.270 e. The van der Waals surface area contributed by atoms with Gasteiger partial charge in [0.2, 0.25) is 0 Å². The van der Waals surface area contributed by atoms with Crippen LogP contribution in [-0.4, -0.2) is 25.3 Å². The fourth-order valence-corrected chi connectivity index (χ4v) is 3.97. The van der Waals surface area contributed by atoms with Gasteiger partial charge in [-0.2, -0.15) is 0 Å². The molecule has 6 nitrogen and oxygen atoms in total. The lowest BCUT2D eigenvalue weighted by Crippen LogP contribution is -2.00. The molecule has 4 aromatic rings. The van der Waals surface area contributed by atoms with E-state index < -0.39 is 6.10 Å². The van der Waals surface area contributed by atoms with Crippen LogP contribution in [0.25, 0.3) is 26.0 Å². The van der Waals surface area contributed by atoms with Gasteiger partial charge >= 0.3 is 0 Å². The van der Waals surface area contributed by atoms with Crippen molar-refractivity contribution in [2.24, 2.45) is 0 Å². The molecular weight excluding hydrogens is 382 g/mol. The topological polar surface area (TPSA) is 79.0 Å². The molecule has 0 spiro atoms. The molecule has 0 saturated heterocycles. The molecule has 2 N–H and O–H groups in total. The van der Waals surface area contributed by atoms with Crippen molar-refractivity contribution in [1.82, 2.24) is 20.2 Å². The van der Waals surface area contributed by atoms with Crippen molar-refractivity contribution in [3.8, 4) is 21.1 Å². The molecule has 4 rings (SSSR count). The second-order valence-electron chi connectivity index (χ2n) is 5.70. The minimum atomic E-state index is -0.852. The van der Waals surface area contributed by atoms with Crippen LogP contribution in [0.3, 0.4) is 0 Å². The molecular formula is C19H12ClN5OS. The molecule has 3 aromatic heterocycles. The predicted molar refractivity (Wildman–Crippen MR) is 105 cm³/mol. The summed E-state index contributed by atoms with van der Waals surface area (Å²) in [4.78, 5) is 12.1. The molecule has 0 amide bonds. The summed E-state index contributed by atoms with van der Waals surface area (Å²) in [7, 11) is 0. The summed E-state index contributed by atoms with van der Waals surface area (Å²) in [6, 6.07) is 12.5. The number of nitrogens with zero attached hydrogens (tertiary/aromatic N) is 4. The van der Waals surface area contributed by atoms with Crippen molar-refractivity contribution < 1.29 is 5.11 Å². The molecule has 0 radical (unpaired) electrons. The third-order valence-electron chi connectivity index (χ3n) is 4.02. The van der Waals surface area contributed by atoms with Crippen LogP contribution < -0.4 is 0 Å². The SMILES string of the molecule is [C-]#[N+]c1cc(-c2cc([C@@H](O)c3ccc(Cl)cc3)c(-c3nnc[nH]3)s2)ccn1. The number of nitrogens with one attached hydrogen (secondary N) is 1. The zero-order valence-corrected chi connectivity index (χ0v) is 15.4. The summed E-state index contributed by atoms with van der Waals surface area (Å²) in [6.07, 6.45) is 2.25. The number of aliphatic hydroxyl groups excluding tert-OH is 1. The van der Waals surface area contributed by atoms with Gasteiger partial charge in [0.25, 0.3) is 5.82 Å². The zero-order chi connectivity index (χ0) is 18.8. The Morgan fingerprint density at radius 3 is 2.70 bits per heavy atom. The lowest BCUT2D eigenvalue weighted by molar-refractivity contribution is 0.221. The molecule has 0 aliphatic heterocycles. The van der Waals surface area contributed by atoms with Gasteiger partial charge in [0.15, 0.2) is 5.82 Å². The van der Waals surface area contributed by atoms with E-state index in [4.69, 9.17) is 18.2 Å². The number of aromatic amines is 1. The van der Waals surface area contributed by atoms with Crippen LogP contribution in [0.5, 0.6) is 0 Å². The number of rotatable bonds is 4. The van der Waals surface area contributed by atoms with E-state index in [-0.39, 0.29) is 0 Å². The summed E-state index contributed by atoms with van der Waals surface area (Å²) >= 11 is 7.42. The minimum Gasteiger partial charge on any atom is -0.384 e. The predicted octanol–water partition coefficient (Wildman–Crippen LogP) is 4.88. The Kier molecular flexibility index (Phi) is 4.69. The first-order valence-electron chi connectivity index (χ1n) is 7.93. The van der Waals surface area contributed by atoms with E-state index in [9.17, 15) is 5.11 Å². The standard InChI is InChI=1S/C19H12ClN5OS/c1-21-16-8-12(6-7-22-16)15-9-14(18(27-15)19-23-10-24-25-19)17(26)11-2-4-13(20)5-3-11/h2-10,17,26H,(H,23,24,25)/t17-/m0/s1. The molecule has 0 bridgehead atoms. The molecule has 27 heavy (non-hydrogen) atoms. The number of hydrogen-bond acceptors (Lipinski definition) is 5. The Bertz CT molecular complexity index is 1120. The number of aromatic nitrogens is 4.